The predicted octanol–water partition coefficient (Wildman–Crippen LogP) is 1.36. The lowest BCUT2D eigenvalue weighted by Crippen LogP contribution is -2.14. The van der Waals surface area contributed by atoms with E-state index in [1.165, 1.54) is 0 Å². The van der Waals surface area contributed by atoms with E-state index < -0.39 is 13.0 Å². The molecule has 0 amide bonds. The molecule has 0 radical (unpaired) electrons. The fourth-order valence-electron chi connectivity index (χ4n) is 0.979. The molecule has 0 aliphatic rings. The molecule has 0 bridgehead atoms. The number of pyridine rings is 1. The average molecular weight is 217 g/mol. The van der Waals surface area contributed by atoms with Crippen molar-refractivity contribution in [2.24, 2.45) is 0 Å². The van der Waals surface area contributed by atoms with Crippen molar-refractivity contribution in [1.82, 2.24) is 4.98 Å². The second kappa shape index (κ2) is 6.13. The van der Waals surface area contributed by atoms with E-state index in [1.54, 1.807) is 18.3 Å². The van der Waals surface area contributed by atoms with Crippen LogP contribution in [0.3, 0.4) is 0 Å². The molecule has 1 aromatic rings. The topological polar surface area (TPSA) is 60.2 Å². The van der Waals surface area contributed by atoms with E-state index in [-0.39, 0.29) is 6.61 Å². The molecule has 15 heavy (non-hydrogen) atoms. The van der Waals surface area contributed by atoms with Gasteiger partial charge in [-0.15, -0.1) is 0 Å². The van der Waals surface area contributed by atoms with Gasteiger partial charge in [0, 0.05) is 12.7 Å². The number of ether oxygens (including phenoxy) is 1. The highest BCUT2D eigenvalue weighted by molar-refractivity contribution is 5.60. The maximum absolute atomic E-state index is 11.7. The Morgan fingerprint density at radius 3 is 3.00 bits per heavy atom. The summed E-state index contributed by atoms with van der Waals surface area (Å²) in [6, 6.07) is 3.42. The van der Waals surface area contributed by atoms with Gasteiger partial charge in [0.25, 0.3) is 6.43 Å². The van der Waals surface area contributed by atoms with Crippen LogP contribution in [-0.2, 0) is 4.74 Å². The molecule has 0 unspecified atom stereocenters. The molecule has 1 aromatic heterocycles. The zero-order chi connectivity index (χ0) is 11.1. The minimum absolute atomic E-state index is 0.195. The normalized spacial score (nSPS) is 10.6. The van der Waals surface area contributed by atoms with Gasteiger partial charge in [-0.3, -0.25) is 0 Å². The Bertz CT molecular complexity index is 296. The summed E-state index contributed by atoms with van der Waals surface area (Å²) in [6.45, 7) is 0.0493. The van der Waals surface area contributed by atoms with Crippen LogP contribution in [0.2, 0.25) is 0 Å². The van der Waals surface area contributed by atoms with Crippen molar-refractivity contribution >= 4 is 11.5 Å². The van der Waals surface area contributed by atoms with Gasteiger partial charge < -0.3 is 15.8 Å². The lowest BCUT2D eigenvalue weighted by Gasteiger charge is -2.07. The van der Waals surface area contributed by atoms with E-state index in [1.807, 2.05) is 0 Å². The molecule has 0 fully saturated rings. The van der Waals surface area contributed by atoms with Crippen molar-refractivity contribution in [3.05, 3.63) is 18.3 Å². The first-order valence-electron chi connectivity index (χ1n) is 4.50. The van der Waals surface area contributed by atoms with Crippen LogP contribution >= 0.6 is 0 Å². The van der Waals surface area contributed by atoms with Gasteiger partial charge in [-0.1, -0.05) is 0 Å². The summed E-state index contributed by atoms with van der Waals surface area (Å²) in [5.74, 6) is 0.540. The van der Waals surface area contributed by atoms with Crippen LogP contribution in [0.15, 0.2) is 18.3 Å². The molecule has 0 atom stereocenters. The van der Waals surface area contributed by atoms with Crippen LogP contribution in [0.4, 0.5) is 20.3 Å². The van der Waals surface area contributed by atoms with Crippen molar-refractivity contribution in [2.75, 3.05) is 30.8 Å². The zero-order valence-electron chi connectivity index (χ0n) is 8.12. The Labute approximate surface area is 86.4 Å². The Morgan fingerprint density at radius 2 is 2.33 bits per heavy atom. The first-order valence-corrected chi connectivity index (χ1v) is 4.50. The number of nitrogen functional groups attached to an aromatic ring is 1. The first-order chi connectivity index (χ1) is 7.20. The summed E-state index contributed by atoms with van der Waals surface area (Å²) in [7, 11) is 0. The van der Waals surface area contributed by atoms with Gasteiger partial charge in [-0.25, -0.2) is 13.8 Å². The van der Waals surface area contributed by atoms with Gasteiger partial charge in [-0.05, 0) is 12.1 Å². The number of aromatic nitrogens is 1. The minimum Gasteiger partial charge on any atom is -0.396 e. The second-order valence-electron chi connectivity index (χ2n) is 2.83. The third-order valence-electron chi connectivity index (χ3n) is 1.62. The van der Waals surface area contributed by atoms with Crippen molar-refractivity contribution < 1.29 is 13.5 Å². The number of anilines is 2. The molecule has 0 saturated heterocycles. The number of nitrogens with zero attached hydrogens (tertiary/aromatic N) is 1. The maximum atomic E-state index is 11.7. The molecular weight excluding hydrogens is 204 g/mol. The minimum atomic E-state index is -2.43. The lowest BCUT2D eigenvalue weighted by atomic mass is 10.4. The number of hydrogen-bond donors (Lipinski definition) is 2. The first kappa shape index (κ1) is 11.6. The van der Waals surface area contributed by atoms with Gasteiger partial charge >= 0.3 is 0 Å². The largest absolute Gasteiger partial charge is 0.396 e. The molecule has 1 rings (SSSR count). The number of rotatable bonds is 6. The Balaban J connectivity index is 2.18. The van der Waals surface area contributed by atoms with E-state index in [0.717, 1.165) is 0 Å². The molecule has 6 heteroatoms. The SMILES string of the molecule is Nc1cccnc1NCCOCC(F)F. The highest BCUT2D eigenvalue weighted by atomic mass is 19.3. The molecule has 1 heterocycles. The summed E-state index contributed by atoms with van der Waals surface area (Å²) in [5, 5.41) is 2.88. The molecule has 3 N–H and O–H groups in total. The van der Waals surface area contributed by atoms with Crippen LogP contribution in [-0.4, -0.2) is 31.2 Å². The van der Waals surface area contributed by atoms with Crippen LogP contribution in [0.25, 0.3) is 0 Å². The number of nitrogens with one attached hydrogen (secondary N) is 1. The molecular formula is C9H13F2N3O. The van der Waals surface area contributed by atoms with Gasteiger partial charge in [0.05, 0.1) is 12.3 Å². The highest BCUT2D eigenvalue weighted by Gasteiger charge is 2.01. The maximum Gasteiger partial charge on any atom is 0.261 e. The highest BCUT2D eigenvalue weighted by Crippen LogP contribution is 2.11. The van der Waals surface area contributed by atoms with Crippen LogP contribution in [0.5, 0.6) is 0 Å². The van der Waals surface area contributed by atoms with Gasteiger partial charge in [0.2, 0.25) is 0 Å². The van der Waals surface area contributed by atoms with E-state index in [2.05, 4.69) is 15.0 Å². The van der Waals surface area contributed by atoms with E-state index in [9.17, 15) is 8.78 Å². The van der Waals surface area contributed by atoms with E-state index in [4.69, 9.17) is 5.73 Å². The smallest absolute Gasteiger partial charge is 0.261 e. The van der Waals surface area contributed by atoms with Crippen molar-refractivity contribution in [3.63, 3.8) is 0 Å². The van der Waals surface area contributed by atoms with Crippen LogP contribution < -0.4 is 11.1 Å². The summed E-state index contributed by atoms with van der Waals surface area (Å²) < 4.78 is 28.0. The Hall–Kier alpha value is -1.43. The lowest BCUT2D eigenvalue weighted by molar-refractivity contribution is 0.0215. The quantitative estimate of drug-likeness (QED) is 0.706. The standard InChI is InChI=1S/C9H13F2N3O/c10-8(11)6-15-5-4-14-9-7(12)2-1-3-13-9/h1-3,8H,4-6,12H2,(H,13,14). The Kier molecular flexibility index (Phi) is 4.76. The van der Waals surface area contributed by atoms with E-state index >= 15 is 0 Å². The number of halogens is 2. The molecule has 4 nitrogen and oxygen atoms in total. The summed E-state index contributed by atoms with van der Waals surface area (Å²) in [5.41, 5.74) is 6.12. The Morgan fingerprint density at radius 1 is 1.53 bits per heavy atom. The number of hydrogen-bond acceptors (Lipinski definition) is 4. The summed E-state index contributed by atoms with van der Waals surface area (Å²) in [4.78, 5) is 3.97. The molecule has 0 aromatic carbocycles. The van der Waals surface area contributed by atoms with Crippen LogP contribution in [0, 0.1) is 0 Å². The fraction of sp³-hybridized carbons (Fsp3) is 0.444. The van der Waals surface area contributed by atoms with Gasteiger partial charge in [0.15, 0.2) is 0 Å². The second-order valence-corrected chi connectivity index (χ2v) is 2.83. The molecule has 0 aliphatic carbocycles. The molecule has 0 spiro atoms. The third kappa shape index (κ3) is 4.55. The molecule has 84 valence electrons. The van der Waals surface area contributed by atoms with Gasteiger partial charge in [0.1, 0.15) is 12.4 Å². The molecule has 0 aliphatic heterocycles. The van der Waals surface area contributed by atoms with Crippen molar-refractivity contribution in [2.45, 2.75) is 6.43 Å². The average Bonchev–Trinajstić information content (AvgIpc) is 2.20. The predicted molar refractivity (Wildman–Crippen MR) is 54.0 cm³/mol. The zero-order valence-corrected chi connectivity index (χ0v) is 8.12. The van der Waals surface area contributed by atoms with Crippen molar-refractivity contribution in [1.29, 1.82) is 0 Å². The number of nitrogens with two attached hydrogens (primary N) is 1. The number of alkyl halides is 2. The van der Waals surface area contributed by atoms with Gasteiger partial charge in [-0.2, -0.15) is 0 Å². The summed E-state index contributed by atoms with van der Waals surface area (Å²) in [6.07, 6.45) is -0.830. The summed E-state index contributed by atoms with van der Waals surface area (Å²) >= 11 is 0. The fourth-order valence-corrected chi connectivity index (χ4v) is 0.979. The third-order valence-corrected chi connectivity index (χ3v) is 1.62. The van der Waals surface area contributed by atoms with E-state index in [0.29, 0.717) is 18.1 Å². The molecule has 0 saturated carbocycles. The van der Waals surface area contributed by atoms with Crippen molar-refractivity contribution in [3.8, 4) is 0 Å². The van der Waals surface area contributed by atoms with Crippen LogP contribution in [0.1, 0.15) is 0 Å². The monoisotopic (exact) mass is 217 g/mol.